The number of ether oxygens (including phenoxy) is 1. The molecule has 4 N–H and O–H groups in total. The smallest absolute Gasteiger partial charge is 0.329 e. The van der Waals surface area contributed by atoms with Crippen LogP contribution >= 0.6 is 0 Å². The Bertz CT molecular complexity index is 312. The van der Waals surface area contributed by atoms with Gasteiger partial charge < -0.3 is 20.9 Å². The number of amides is 1. The number of hydrogen-bond donors (Lipinski definition) is 3. The van der Waals surface area contributed by atoms with Crippen LogP contribution < -0.4 is 11.1 Å². The number of rotatable bonds is 7. The Balaban J connectivity index is 2.53. The van der Waals surface area contributed by atoms with E-state index < -0.39 is 11.5 Å². The number of hydrogen-bond acceptors (Lipinski definition) is 4. The van der Waals surface area contributed by atoms with Crippen molar-refractivity contribution in [3.05, 3.63) is 0 Å². The van der Waals surface area contributed by atoms with Crippen LogP contribution in [0.25, 0.3) is 0 Å². The van der Waals surface area contributed by atoms with Crippen LogP contribution in [0.2, 0.25) is 0 Å². The maximum absolute atomic E-state index is 11.7. The molecule has 1 saturated carbocycles. The number of aliphatic carboxylic acids is 1. The monoisotopic (exact) mass is 272 g/mol. The molecule has 6 heteroatoms. The molecule has 0 atom stereocenters. The Morgan fingerprint density at radius 2 is 2.05 bits per heavy atom. The van der Waals surface area contributed by atoms with Crippen LogP contribution in [0, 0.1) is 5.92 Å². The van der Waals surface area contributed by atoms with Gasteiger partial charge in [0, 0.05) is 6.54 Å². The number of carbonyl (C=O) groups excluding carboxylic acids is 1. The summed E-state index contributed by atoms with van der Waals surface area (Å²) in [5.41, 5.74) is 4.14. The zero-order chi connectivity index (χ0) is 14.3. The molecule has 0 radical (unpaired) electrons. The quantitative estimate of drug-likeness (QED) is 0.586. The van der Waals surface area contributed by atoms with Crippen LogP contribution in [0.4, 0.5) is 0 Å². The summed E-state index contributed by atoms with van der Waals surface area (Å²) in [6.07, 6.45) is 3.72. The first-order chi connectivity index (χ1) is 9.04. The number of nitrogens with two attached hydrogens (primary N) is 1. The minimum atomic E-state index is -1.12. The first kappa shape index (κ1) is 15.9. The van der Waals surface area contributed by atoms with Crippen molar-refractivity contribution in [3.63, 3.8) is 0 Å². The molecule has 0 unspecified atom stereocenters. The van der Waals surface area contributed by atoms with E-state index >= 15 is 0 Å². The first-order valence-corrected chi connectivity index (χ1v) is 6.86. The molecule has 0 aromatic carbocycles. The molecule has 0 saturated heterocycles. The van der Waals surface area contributed by atoms with Crippen molar-refractivity contribution >= 4 is 11.9 Å². The zero-order valence-corrected chi connectivity index (χ0v) is 11.5. The first-order valence-electron chi connectivity index (χ1n) is 6.86. The SMILES string of the molecule is CCC1CCC(NC(=O)COCCN)(C(=O)O)CC1. The summed E-state index contributed by atoms with van der Waals surface area (Å²) in [6.45, 7) is 2.61. The highest BCUT2D eigenvalue weighted by atomic mass is 16.5. The lowest BCUT2D eigenvalue weighted by atomic mass is 9.75. The van der Waals surface area contributed by atoms with Gasteiger partial charge in [0.25, 0.3) is 0 Å². The summed E-state index contributed by atoms with van der Waals surface area (Å²) in [6, 6.07) is 0. The lowest BCUT2D eigenvalue weighted by Crippen LogP contribution is -2.57. The number of carbonyl (C=O) groups is 2. The van der Waals surface area contributed by atoms with E-state index in [1.54, 1.807) is 0 Å². The lowest BCUT2D eigenvalue weighted by Gasteiger charge is -2.37. The number of carboxylic acid groups (broad SMARTS) is 1. The Morgan fingerprint density at radius 3 is 2.53 bits per heavy atom. The third kappa shape index (κ3) is 4.47. The Morgan fingerprint density at radius 1 is 1.42 bits per heavy atom. The third-order valence-electron chi connectivity index (χ3n) is 3.82. The zero-order valence-electron chi connectivity index (χ0n) is 11.5. The van der Waals surface area contributed by atoms with Crippen molar-refractivity contribution in [2.24, 2.45) is 11.7 Å². The molecular formula is C13H24N2O4. The summed E-state index contributed by atoms with van der Waals surface area (Å²) in [5, 5.41) is 12.0. The minimum Gasteiger partial charge on any atom is -0.480 e. The van der Waals surface area contributed by atoms with Gasteiger partial charge in [0.2, 0.25) is 5.91 Å². The van der Waals surface area contributed by atoms with E-state index in [0.717, 1.165) is 19.3 Å². The van der Waals surface area contributed by atoms with E-state index in [1.807, 2.05) is 0 Å². The summed E-state index contributed by atoms with van der Waals surface area (Å²) < 4.78 is 5.02. The average molecular weight is 272 g/mol. The van der Waals surface area contributed by atoms with E-state index in [4.69, 9.17) is 10.5 Å². The molecule has 0 bridgehead atoms. The topological polar surface area (TPSA) is 102 Å². The van der Waals surface area contributed by atoms with Crippen molar-refractivity contribution in [1.29, 1.82) is 0 Å². The highest BCUT2D eigenvalue weighted by Crippen LogP contribution is 2.33. The van der Waals surface area contributed by atoms with Gasteiger partial charge in [0.05, 0.1) is 6.61 Å². The molecule has 0 aromatic heterocycles. The van der Waals surface area contributed by atoms with Gasteiger partial charge in [0.15, 0.2) is 0 Å². The molecule has 1 aliphatic rings. The van der Waals surface area contributed by atoms with Gasteiger partial charge in [-0.3, -0.25) is 4.79 Å². The highest BCUT2D eigenvalue weighted by molar-refractivity contribution is 5.87. The average Bonchev–Trinajstić information content (AvgIpc) is 2.39. The minimum absolute atomic E-state index is 0.135. The lowest BCUT2D eigenvalue weighted by molar-refractivity contribution is -0.150. The van der Waals surface area contributed by atoms with Gasteiger partial charge in [-0.2, -0.15) is 0 Å². The molecule has 1 aliphatic carbocycles. The Labute approximate surface area is 113 Å². The van der Waals surface area contributed by atoms with Crippen LogP contribution in [-0.4, -0.2) is 42.3 Å². The predicted molar refractivity (Wildman–Crippen MR) is 70.6 cm³/mol. The van der Waals surface area contributed by atoms with Gasteiger partial charge in [-0.25, -0.2) is 4.79 Å². The molecule has 0 heterocycles. The summed E-state index contributed by atoms with van der Waals surface area (Å²) in [7, 11) is 0. The second-order valence-corrected chi connectivity index (χ2v) is 5.13. The van der Waals surface area contributed by atoms with E-state index in [9.17, 15) is 14.7 Å². The van der Waals surface area contributed by atoms with Crippen LogP contribution in [0.3, 0.4) is 0 Å². The molecule has 6 nitrogen and oxygen atoms in total. The Kier molecular flexibility index (Phi) is 6.24. The molecule has 1 rings (SSSR count). The maximum atomic E-state index is 11.7. The van der Waals surface area contributed by atoms with Crippen LogP contribution in [0.15, 0.2) is 0 Å². The fourth-order valence-electron chi connectivity index (χ4n) is 2.52. The van der Waals surface area contributed by atoms with E-state index in [0.29, 0.717) is 31.9 Å². The summed E-state index contributed by atoms with van der Waals surface area (Å²) in [4.78, 5) is 23.2. The van der Waals surface area contributed by atoms with Crippen molar-refractivity contribution in [3.8, 4) is 0 Å². The van der Waals surface area contributed by atoms with Crippen molar-refractivity contribution in [2.75, 3.05) is 19.8 Å². The number of carboxylic acids is 1. The van der Waals surface area contributed by atoms with Gasteiger partial charge >= 0.3 is 5.97 Å². The van der Waals surface area contributed by atoms with Crippen LogP contribution in [0.5, 0.6) is 0 Å². The van der Waals surface area contributed by atoms with Crippen LogP contribution in [0.1, 0.15) is 39.0 Å². The molecule has 1 amide bonds. The van der Waals surface area contributed by atoms with E-state index in [1.165, 1.54) is 0 Å². The van der Waals surface area contributed by atoms with Gasteiger partial charge in [0.1, 0.15) is 12.1 Å². The second-order valence-electron chi connectivity index (χ2n) is 5.13. The number of nitrogens with one attached hydrogen (secondary N) is 1. The van der Waals surface area contributed by atoms with Gasteiger partial charge in [-0.1, -0.05) is 13.3 Å². The van der Waals surface area contributed by atoms with E-state index in [-0.39, 0.29) is 12.5 Å². The third-order valence-corrected chi connectivity index (χ3v) is 3.82. The predicted octanol–water partition coefficient (Wildman–Crippen LogP) is 0.502. The van der Waals surface area contributed by atoms with Gasteiger partial charge in [-0.15, -0.1) is 0 Å². The Hall–Kier alpha value is -1.14. The van der Waals surface area contributed by atoms with Gasteiger partial charge in [-0.05, 0) is 31.6 Å². The van der Waals surface area contributed by atoms with Crippen molar-refractivity contribution in [1.82, 2.24) is 5.32 Å². The molecule has 1 fully saturated rings. The fourth-order valence-corrected chi connectivity index (χ4v) is 2.52. The summed E-state index contributed by atoms with van der Waals surface area (Å²) in [5.74, 6) is -0.766. The van der Waals surface area contributed by atoms with Crippen molar-refractivity contribution < 1.29 is 19.4 Å². The molecular weight excluding hydrogens is 248 g/mol. The maximum Gasteiger partial charge on any atom is 0.329 e. The highest BCUT2D eigenvalue weighted by Gasteiger charge is 2.42. The fraction of sp³-hybridized carbons (Fsp3) is 0.846. The molecule has 0 aromatic rings. The van der Waals surface area contributed by atoms with Crippen LogP contribution in [-0.2, 0) is 14.3 Å². The molecule has 0 aliphatic heterocycles. The normalized spacial score (nSPS) is 26.9. The largest absolute Gasteiger partial charge is 0.480 e. The standard InChI is InChI=1S/C13H24N2O4/c1-2-10-3-5-13(6-4-10,12(17)18)15-11(16)9-19-8-7-14/h10H,2-9,14H2,1H3,(H,15,16)(H,17,18). The molecule has 19 heavy (non-hydrogen) atoms. The summed E-state index contributed by atoms with van der Waals surface area (Å²) >= 11 is 0. The van der Waals surface area contributed by atoms with E-state index in [2.05, 4.69) is 12.2 Å². The second kappa shape index (κ2) is 7.45. The molecule has 0 spiro atoms. The molecule has 110 valence electrons. The van der Waals surface area contributed by atoms with Crippen molar-refractivity contribution in [2.45, 2.75) is 44.6 Å².